The van der Waals surface area contributed by atoms with Crippen LogP contribution in [0.4, 0.5) is 0 Å². The molecule has 23 heavy (non-hydrogen) atoms. The first-order valence-electron chi connectivity index (χ1n) is 7.52. The van der Waals surface area contributed by atoms with Crippen molar-refractivity contribution >= 4 is 29.1 Å². The number of hydrogen-bond donors (Lipinski definition) is 2. The smallest absolute Gasteiger partial charge is 0.252 e. The number of amides is 1. The summed E-state index contributed by atoms with van der Waals surface area (Å²) >= 11 is 11.8. The van der Waals surface area contributed by atoms with E-state index in [-0.39, 0.29) is 11.7 Å². The zero-order chi connectivity index (χ0) is 17.0. The Morgan fingerprint density at radius 3 is 2.74 bits per heavy atom. The molecule has 1 amide bonds. The van der Waals surface area contributed by atoms with Crippen molar-refractivity contribution in [2.45, 2.75) is 19.8 Å². The summed E-state index contributed by atoms with van der Waals surface area (Å²) in [5.74, 6) is -0.248. The van der Waals surface area contributed by atoms with Crippen LogP contribution in [-0.4, -0.2) is 35.5 Å². The summed E-state index contributed by atoms with van der Waals surface area (Å²) < 4.78 is 0. The number of carbonyl (C=O) groups excluding carboxylic acids is 1. The quantitative estimate of drug-likeness (QED) is 0.765. The van der Waals surface area contributed by atoms with Crippen LogP contribution in [0.25, 0.3) is 0 Å². The van der Waals surface area contributed by atoms with Crippen LogP contribution in [0.15, 0.2) is 41.8 Å². The maximum Gasteiger partial charge on any atom is 0.252 e. The summed E-state index contributed by atoms with van der Waals surface area (Å²) in [6, 6.07) is 5.52. The van der Waals surface area contributed by atoms with Gasteiger partial charge in [0, 0.05) is 13.1 Å². The molecular formula is C17H20Cl2N2O2. The van der Waals surface area contributed by atoms with Gasteiger partial charge in [-0.05, 0) is 37.5 Å². The largest absolute Gasteiger partial charge is 0.505 e. The lowest BCUT2D eigenvalue weighted by atomic mass is 10.1. The molecule has 0 aromatic heterocycles. The third kappa shape index (κ3) is 4.21. The van der Waals surface area contributed by atoms with Gasteiger partial charge in [-0.15, -0.1) is 0 Å². The second kappa shape index (κ2) is 7.75. The summed E-state index contributed by atoms with van der Waals surface area (Å²) in [6.07, 6.45) is 1.56. The summed E-state index contributed by atoms with van der Waals surface area (Å²) in [7, 11) is 0. The highest BCUT2D eigenvalue weighted by atomic mass is 35.5. The molecule has 1 aliphatic heterocycles. The zero-order valence-electron chi connectivity index (χ0n) is 13.0. The SMILES string of the molecule is C=C1C(O)=C(C(=O)NCCCc2ccc(Cl)c(Cl)c2)CN1CC. The third-order valence-corrected chi connectivity index (χ3v) is 4.60. The molecule has 0 unspecified atom stereocenters. The number of aliphatic hydroxyl groups excluding tert-OH is 1. The molecule has 124 valence electrons. The lowest BCUT2D eigenvalue weighted by molar-refractivity contribution is -0.117. The highest BCUT2D eigenvalue weighted by Gasteiger charge is 2.28. The van der Waals surface area contributed by atoms with Gasteiger partial charge in [0.25, 0.3) is 5.91 Å². The van der Waals surface area contributed by atoms with Gasteiger partial charge in [0.1, 0.15) is 5.76 Å². The Kier molecular flexibility index (Phi) is 5.97. The van der Waals surface area contributed by atoms with Crippen LogP contribution in [-0.2, 0) is 11.2 Å². The molecule has 6 heteroatoms. The van der Waals surface area contributed by atoms with Crippen LogP contribution in [0.5, 0.6) is 0 Å². The fourth-order valence-corrected chi connectivity index (χ4v) is 2.78. The average Bonchev–Trinajstić information content (AvgIpc) is 2.82. The van der Waals surface area contributed by atoms with Gasteiger partial charge >= 0.3 is 0 Å². The van der Waals surface area contributed by atoms with Gasteiger partial charge in [-0.2, -0.15) is 0 Å². The number of rotatable bonds is 6. The van der Waals surface area contributed by atoms with Gasteiger partial charge in [0.15, 0.2) is 0 Å². The van der Waals surface area contributed by atoms with E-state index in [1.807, 2.05) is 24.0 Å². The van der Waals surface area contributed by atoms with Crippen LogP contribution < -0.4 is 5.32 Å². The Bertz CT molecular complexity index is 656. The third-order valence-electron chi connectivity index (χ3n) is 3.86. The first kappa shape index (κ1) is 17.7. The van der Waals surface area contributed by atoms with E-state index in [1.165, 1.54) is 0 Å². The van der Waals surface area contributed by atoms with Crippen molar-refractivity contribution in [1.82, 2.24) is 10.2 Å². The molecule has 4 nitrogen and oxygen atoms in total. The molecule has 0 radical (unpaired) electrons. The molecule has 1 aliphatic rings. The molecule has 2 rings (SSSR count). The van der Waals surface area contributed by atoms with E-state index in [4.69, 9.17) is 23.2 Å². The number of nitrogens with zero attached hydrogens (tertiary/aromatic N) is 1. The normalized spacial score (nSPS) is 14.6. The predicted octanol–water partition coefficient (Wildman–Crippen LogP) is 3.70. The number of likely N-dealkylation sites (N-methyl/N-ethyl adjacent to an activating group) is 1. The van der Waals surface area contributed by atoms with E-state index in [0.717, 1.165) is 18.4 Å². The van der Waals surface area contributed by atoms with E-state index in [2.05, 4.69) is 11.9 Å². The fourth-order valence-electron chi connectivity index (χ4n) is 2.46. The Hall–Kier alpha value is -1.65. The summed E-state index contributed by atoms with van der Waals surface area (Å²) in [5, 5.41) is 13.9. The summed E-state index contributed by atoms with van der Waals surface area (Å²) in [4.78, 5) is 14.0. The number of aliphatic hydroxyl groups is 1. The Balaban J connectivity index is 1.81. The van der Waals surface area contributed by atoms with Gasteiger partial charge in [-0.25, -0.2) is 0 Å². The van der Waals surface area contributed by atoms with Crippen molar-refractivity contribution in [3.63, 3.8) is 0 Å². The standard InChI is InChI=1S/C17H20Cl2N2O2/c1-3-21-10-13(16(22)11(21)2)17(23)20-8-4-5-12-6-7-14(18)15(19)9-12/h6-7,9,22H,2-5,8,10H2,1H3,(H,20,23). The molecule has 0 saturated carbocycles. The minimum absolute atomic E-state index is 0.00571. The molecule has 0 bridgehead atoms. The molecule has 0 atom stereocenters. The van der Waals surface area contributed by atoms with Crippen molar-refractivity contribution in [2.24, 2.45) is 0 Å². The number of benzene rings is 1. The van der Waals surface area contributed by atoms with E-state index < -0.39 is 0 Å². The van der Waals surface area contributed by atoms with E-state index in [9.17, 15) is 9.90 Å². The molecule has 0 aliphatic carbocycles. The first-order valence-corrected chi connectivity index (χ1v) is 8.28. The molecule has 1 aromatic carbocycles. The minimum Gasteiger partial charge on any atom is -0.505 e. The van der Waals surface area contributed by atoms with Gasteiger partial charge in [0.05, 0.1) is 27.9 Å². The highest BCUT2D eigenvalue weighted by Crippen LogP contribution is 2.25. The highest BCUT2D eigenvalue weighted by molar-refractivity contribution is 6.42. The number of hydrogen-bond acceptors (Lipinski definition) is 3. The van der Waals surface area contributed by atoms with Crippen molar-refractivity contribution in [3.8, 4) is 0 Å². The number of halogens is 2. The maximum absolute atomic E-state index is 12.1. The van der Waals surface area contributed by atoms with Crippen molar-refractivity contribution in [3.05, 3.63) is 57.4 Å². The predicted molar refractivity (Wildman–Crippen MR) is 93.8 cm³/mol. The topological polar surface area (TPSA) is 52.6 Å². The van der Waals surface area contributed by atoms with Gasteiger partial charge in [-0.1, -0.05) is 35.8 Å². The minimum atomic E-state index is -0.242. The fraction of sp³-hybridized carbons (Fsp3) is 0.353. The molecule has 2 N–H and O–H groups in total. The summed E-state index contributed by atoms with van der Waals surface area (Å²) in [6.45, 7) is 7.37. The van der Waals surface area contributed by atoms with Crippen LogP contribution in [0.2, 0.25) is 10.0 Å². The van der Waals surface area contributed by atoms with Gasteiger partial charge in [-0.3, -0.25) is 4.79 Å². The van der Waals surface area contributed by atoms with Crippen LogP contribution >= 0.6 is 23.2 Å². The number of carbonyl (C=O) groups is 1. The number of nitrogens with one attached hydrogen (secondary N) is 1. The van der Waals surface area contributed by atoms with Gasteiger partial charge < -0.3 is 15.3 Å². The second-order valence-electron chi connectivity index (χ2n) is 5.40. The first-order chi connectivity index (χ1) is 10.9. The molecule has 0 fully saturated rings. The lowest BCUT2D eigenvalue weighted by Gasteiger charge is -2.16. The number of aryl methyl sites for hydroxylation is 1. The van der Waals surface area contributed by atoms with E-state index in [1.54, 1.807) is 6.07 Å². The maximum atomic E-state index is 12.1. The van der Waals surface area contributed by atoms with Gasteiger partial charge in [0.2, 0.25) is 0 Å². The molecule has 1 heterocycles. The molecule has 1 aromatic rings. The summed E-state index contributed by atoms with van der Waals surface area (Å²) in [5.41, 5.74) is 1.96. The Morgan fingerprint density at radius 2 is 2.13 bits per heavy atom. The van der Waals surface area contributed by atoms with Crippen molar-refractivity contribution < 1.29 is 9.90 Å². The molecule has 0 saturated heterocycles. The monoisotopic (exact) mass is 354 g/mol. The van der Waals surface area contributed by atoms with Crippen molar-refractivity contribution in [2.75, 3.05) is 19.6 Å². The van der Waals surface area contributed by atoms with E-state index >= 15 is 0 Å². The molecule has 0 spiro atoms. The second-order valence-corrected chi connectivity index (χ2v) is 6.21. The van der Waals surface area contributed by atoms with Crippen LogP contribution in [0.3, 0.4) is 0 Å². The zero-order valence-corrected chi connectivity index (χ0v) is 14.5. The van der Waals surface area contributed by atoms with Crippen LogP contribution in [0, 0.1) is 0 Å². The average molecular weight is 355 g/mol. The Morgan fingerprint density at radius 1 is 1.39 bits per heavy atom. The van der Waals surface area contributed by atoms with Crippen LogP contribution in [0.1, 0.15) is 18.9 Å². The van der Waals surface area contributed by atoms with Crippen molar-refractivity contribution in [1.29, 1.82) is 0 Å². The molecular weight excluding hydrogens is 335 g/mol. The Labute approximate surface area is 146 Å². The lowest BCUT2D eigenvalue weighted by Crippen LogP contribution is -2.29. The van der Waals surface area contributed by atoms with E-state index in [0.29, 0.717) is 40.9 Å².